The van der Waals surface area contributed by atoms with Gasteiger partial charge in [0.2, 0.25) is 17.2 Å². The number of aromatic nitrogens is 3. The molecule has 5 N–H and O–H groups in total. The van der Waals surface area contributed by atoms with Gasteiger partial charge in [-0.1, -0.05) is 72.8 Å². The second-order valence-corrected chi connectivity index (χ2v) is 8.79. The Bertz CT molecular complexity index is 1480. The normalized spacial score (nSPS) is 13.2. The van der Waals surface area contributed by atoms with Gasteiger partial charge in [-0.2, -0.15) is 15.0 Å². The molecule has 0 radical (unpaired) electrons. The maximum atomic E-state index is 6.07. The van der Waals surface area contributed by atoms with Crippen LogP contribution in [-0.4, -0.2) is 15.0 Å². The Labute approximate surface area is 207 Å². The Morgan fingerprint density at radius 3 is 1.74 bits per heavy atom. The fourth-order valence-corrected chi connectivity index (χ4v) is 5.28. The molecule has 0 atom stereocenters. The summed E-state index contributed by atoms with van der Waals surface area (Å²) in [5.41, 5.74) is 20.1. The molecular weight excluding hydrogens is 456 g/mol. The zero-order chi connectivity index (χ0) is 24.0. The number of anilines is 4. The van der Waals surface area contributed by atoms with E-state index in [9.17, 15) is 0 Å². The van der Waals surface area contributed by atoms with Crippen LogP contribution in [0.5, 0.6) is 0 Å². The quantitative estimate of drug-likeness (QED) is 0.278. The third-order valence-corrected chi connectivity index (χ3v) is 6.66. The third kappa shape index (κ3) is 3.38. The van der Waals surface area contributed by atoms with Gasteiger partial charge in [0, 0.05) is 11.4 Å². The maximum absolute atomic E-state index is 6.07. The van der Waals surface area contributed by atoms with Crippen molar-refractivity contribution in [3.05, 3.63) is 125 Å². The number of nitrogens with zero attached hydrogens (tertiary/aromatic N) is 3. The largest absolute Gasteiger partial charge is 0.399 e. The monoisotopic (exact) mass is 476 g/mol. The van der Waals surface area contributed by atoms with Crippen LogP contribution >= 0.6 is 11.6 Å². The molecule has 1 aromatic heterocycles. The maximum Gasteiger partial charge on any atom is 0.233 e. The standard InChI is InChI=1S/C28H21ClN6/c29-25-33-26(31)35-27(34-25)32-20-15-11-18(12-16-20)28(17-9-13-19(30)14-10-17)23-7-3-1-5-21(23)22-6-2-4-8-24(22)28/h1-16H,30H2,(H3,31,32,33,34,35). The molecule has 0 saturated carbocycles. The van der Waals surface area contributed by atoms with E-state index in [1.165, 1.54) is 22.3 Å². The number of hydrogen-bond donors (Lipinski definition) is 3. The highest BCUT2D eigenvalue weighted by Crippen LogP contribution is 2.56. The van der Waals surface area contributed by atoms with Gasteiger partial charge in [0.05, 0.1) is 5.41 Å². The molecule has 4 aromatic carbocycles. The van der Waals surface area contributed by atoms with Crippen LogP contribution in [0.25, 0.3) is 11.1 Å². The van der Waals surface area contributed by atoms with Gasteiger partial charge < -0.3 is 16.8 Å². The van der Waals surface area contributed by atoms with Crippen molar-refractivity contribution >= 4 is 34.9 Å². The molecule has 0 aliphatic heterocycles. The van der Waals surface area contributed by atoms with Crippen LogP contribution in [0, 0.1) is 0 Å². The highest BCUT2D eigenvalue weighted by molar-refractivity contribution is 6.28. The van der Waals surface area contributed by atoms with Gasteiger partial charge in [-0.25, -0.2) is 0 Å². The summed E-state index contributed by atoms with van der Waals surface area (Å²) >= 11 is 5.93. The fraction of sp³-hybridized carbons (Fsp3) is 0.0357. The number of nitrogens with one attached hydrogen (secondary N) is 1. The zero-order valence-electron chi connectivity index (χ0n) is 18.6. The average molecular weight is 477 g/mol. The summed E-state index contributed by atoms with van der Waals surface area (Å²) in [5, 5.41) is 3.20. The van der Waals surface area contributed by atoms with Crippen LogP contribution in [0.4, 0.5) is 23.3 Å². The fourth-order valence-electron chi connectivity index (χ4n) is 5.11. The molecule has 0 fully saturated rings. The summed E-state index contributed by atoms with van der Waals surface area (Å²) in [5.74, 6) is 0.352. The molecule has 35 heavy (non-hydrogen) atoms. The Morgan fingerprint density at radius 1 is 0.629 bits per heavy atom. The van der Waals surface area contributed by atoms with E-state index in [-0.39, 0.29) is 11.2 Å². The van der Waals surface area contributed by atoms with E-state index >= 15 is 0 Å². The van der Waals surface area contributed by atoms with E-state index in [1.807, 2.05) is 24.3 Å². The first-order valence-electron chi connectivity index (χ1n) is 11.2. The van der Waals surface area contributed by atoms with E-state index in [0.717, 1.165) is 22.5 Å². The van der Waals surface area contributed by atoms with Crippen LogP contribution in [0.1, 0.15) is 22.3 Å². The van der Waals surface area contributed by atoms with Crippen molar-refractivity contribution < 1.29 is 0 Å². The number of hydrogen-bond acceptors (Lipinski definition) is 6. The lowest BCUT2D eigenvalue weighted by Crippen LogP contribution is -2.28. The Kier molecular flexibility index (Phi) is 4.90. The lowest BCUT2D eigenvalue weighted by atomic mass is 9.67. The van der Waals surface area contributed by atoms with Crippen LogP contribution in [-0.2, 0) is 5.41 Å². The molecule has 1 aliphatic carbocycles. The number of benzene rings is 4. The molecule has 0 bridgehead atoms. The number of fused-ring (bicyclic) bond motifs is 3. The van der Waals surface area contributed by atoms with Crippen molar-refractivity contribution in [3.8, 4) is 11.1 Å². The number of halogens is 1. The van der Waals surface area contributed by atoms with Gasteiger partial charge in [0.25, 0.3) is 0 Å². The lowest BCUT2D eigenvalue weighted by molar-refractivity contribution is 0.769. The van der Waals surface area contributed by atoms with E-state index in [0.29, 0.717) is 5.95 Å². The van der Waals surface area contributed by atoms with Gasteiger partial charge in [-0.05, 0) is 69.2 Å². The Balaban J connectivity index is 1.53. The smallest absolute Gasteiger partial charge is 0.233 e. The van der Waals surface area contributed by atoms with Crippen LogP contribution in [0.15, 0.2) is 97.1 Å². The highest BCUT2D eigenvalue weighted by atomic mass is 35.5. The molecule has 0 amide bonds. The van der Waals surface area contributed by atoms with Crippen molar-refractivity contribution in [2.75, 3.05) is 16.8 Å². The summed E-state index contributed by atoms with van der Waals surface area (Å²) in [6.45, 7) is 0. The summed E-state index contributed by atoms with van der Waals surface area (Å²) in [7, 11) is 0. The van der Waals surface area contributed by atoms with Crippen molar-refractivity contribution in [2.24, 2.45) is 0 Å². The zero-order valence-corrected chi connectivity index (χ0v) is 19.4. The van der Waals surface area contributed by atoms with E-state index < -0.39 is 5.41 Å². The molecule has 0 spiro atoms. The Hall–Kier alpha value is -4.42. The summed E-state index contributed by atoms with van der Waals surface area (Å²) in [6, 6.07) is 33.6. The molecular formula is C28H21ClN6. The van der Waals surface area contributed by atoms with Gasteiger partial charge in [-0.15, -0.1) is 0 Å². The summed E-state index contributed by atoms with van der Waals surface area (Å²) < 4.78 is 0. The molecule has 1 heterocycles. The molecule has 5 aromatic rings. The second-order valence-electron chi connectivity index (χ2n) is 8.45. The van der Waals surface area contributed by atoms with E-state index in [2.05, 4.69) is 93.1 Å². The average Bonchev–Trinajstić information content (AvgIpc) is 3.16. The Morgan fingerprint density at radius 2 is 1.17 bits per heavy atom. The highest BCUT2D eigenvalue weighted by Gasteiger charge is 2.45. The van der Waals surface area contributed by atoms with Crippen molar-refractivity contribution in [2.45, 2.75) is 5.41 Å². The predicted octanol–water partition coefficient (Wildman–Crippen LogP) is 5.80. The molecule has 1 aliphatic rings. The summed E-state index contributed by atoms with van der Waals surface area (Å²) in [6.07, 6.45) is 0. The first-order chi connectivity index (χ1) is 17.1. The van der Waals surface area contributed by atoms with Gasteiger partial charge >= 0.3 is 0 Å². The van der Waals surface area contributed by atoms with Crippen molar-refractivity contribution in [1.82, 2.24) is 15.0 Å². The first-order valence-corrected chi connectivity index (χ1v) is 11.5. The van der Waals surface area contributed by atoms with Gasteiger partial charge in [0.1, 0.15) is 0 Å². The minimum absolute atomic E-state index is 0.0399. The van der Waals surface area contributed by atoms with Crippen LogP contribution < -0.4 is 16.8 Å². The minimum Gasteiger partial charge on any atom is -0.399 e. The van der Waals surface area contributed by atoms with Crippen LogP contribution in [0.2, 0.25) is 5.28 Å². The lowest BCUT2D eigenvalue weighted by Gasteiger charge is -2.34. The molecule has 6 nitrogen and oxygen atoms in total. The van der Waals surface area contributed by atoms with Gasteiger partial charge in [-0.3, -0.25) is 0 Å². The third-order valence-electron chi connectivity index (χ3n) is 6.50. The SMILES string of the molecule is Nc1ccc(C2(c3ccc(Nc4nc(N)nc(Cl)n4)cc3)c3ccccc3-c3ccccc32)cc1. The van der Waals surface area contributed by atoms with Crippen molar-refractivity contribution in [3.63, 3.8) is 0 Å². The van der Waals surface area contributed by atoms with E-state index in [1.54, 1.807) is 0 Å². The topological polar surface area (TPSA) is 103 Å². The molecule has 170 valence electrons. The number of nitrogen functional groups attached to an aromatic ring is 2. The van der Waals surface area contributed by atoms with Crippen molar-refractivity contribution in [1.29, 1.82) is 0 Å². The van der Waals surface area contributed by atoms with Gasteiger partial charge in [0.15, 0.2) is 0 Å². The predicted molar refractivity (Wildman–Crippen MR) is 141 cm³/mol. The molecule has 7 heteroatoms. The first kappa shape index (κ1) is 21.1. The number of rotatable bonds is 4. The van der Waals surface area contributed by atoms with E-state index in [4.69, 9.17) is 23.1 Å². The second kappa shape index (κ2) is 8.11. The molecule has 6 rings (SSSR count). The molecule has 0 unspecified atom stereocenters. The molecule has 0 saturated heterocycles. The van der Waals surface area contributed by atoms with Crippen LogP contribution in [0.3, 0.4) is 0 Å². The summed E-state index contributed by atoms with van der Waals surface area (Å²) in [4.78, 5) is 12.0. The minimum atomic E-state index is -0.486. The number of nitrogens with two attached hydrogens (primary N) is 2.